The monoisotopic (exact) mass is 249 g/mol. The van der Waals surface area contributed by atoms with Gasteiger partial charge >= 0.3 is 5.69 Å². The molecular formula is C12H15N3O3. The van der Waals surface area contributed by atoms with Crippen molar-refractivity contribution in [3.05, 3.63) is 34.2 Å². The first kappa shape index (κ1) is 12.4. The molecule has 2 aromatic rings. The molecular weight excluding hydrogens is 234 g/mol. The third-order valence-corrected chi connectivity index (χ3v) is 2.61. The van der Waals surface area contributed by atoms with Crippen molar-refractivity contribution in [2.45, 2.75) is 6.42 Å². The van der Waals surface area contributed by atoms with E-state index in [1.165, 1.54) is 0 Å². The van der Waals surface area contributed by atoms with Gasteiger partial charge in [0.1, 0.15) is 0 Å². The van der Waals surface area contributed by atoms with Crippen LogP contribution >= 0.6 is 0 Å². The molecule has 0 bridgehead atoms. The topological polar surface area (TPSA) is 87.0 Å². The van der Waals surface area contributed by atoms with Gasteiger partial charge in [-0.05, 0) is 18.6 Å². The molecule has 0 aliphatic heterocycles. The predicted octanol–water partition coefficient (Wildman–Crippen LogP) is 0.622. The highest BCUT2D eigenvalue weighted by molar-refractivity contribution is 6.04. The first-order chi connectivity index (χ1) is 8.72. The summed E-state index contributed by atoms with van der Waals surface area (Å²) in [5.74, 6) is -0.202. The molecule has 18 heavy (non-hydrogen) atoms. The van der Waals surface area contributed by atoms with E-state index >= 15 is 0 Å². The van der Waals surface area contributed by atoms with Crippen LogP contribution in [-0.4, -0.2) is 36.1 Å². The number of amides is 1. The molecule has 3 N–H and O–H groups in total. The summed E-state index contributed by atoms with van der Waals surface area (Å²) in [6, 6.07) is 5.16. The van der Waals surface area contributed by atoms with Gasteiger partial charge in [0.2, 0.25) is 0 Å². The lowest BCUT2D eigenvalue weighted by molar-refractivity contribution is 0.0950. The van der Waals surface area contributed by atoms with Gasteiger partial charge in [0.25, 0.3) is 5.91 Å². The van der Waals surface area contributed by atoms with Gasteiger partial charge in [0.05, 0.1) is 16.6 Å². The van der Waals surface area contributed by atoms with Gasteiger partial charge in [0, 0.05) is 20.3 Å². The molecule has 1 amide bonds. The number of fused-ring (bicyclic) bond motifs is 1. The number of ether oxygens (including phenoxy) is 1. The molecule has 1 heterocycles. The van der Waals surface area contributed by atoms with Crippen LogP contribution in [-0.2, 0) is 4.74 Å². The van der Waals surface area contributed by atoms with Crippen LogP contribution in [0.25, 0.3) is 11.0 Å². The lowest BCUT2D eigenvalue weighted by Gasteiger charge is -2.05. The molecule has 0 aliphatic carbocycles. The highest BCUT2D eigenvalue weighted by Crippen LogP contribution is 2.12. The maximum absolute atomic E-state index is 11.9. The fourth-order valence-electron chi connectivity index (χ4n) is 1.76. The first-order valence-corrected chi connectivity index (χ1v) is 5.70. The van der Waals surface area contributed by atoms with Gasteiger partial charge in [-0.1, -0.05) is 6.07 Å². The van der Waals surface area contributed by atoms with Crippen LogP contribution in [0.1, 0.15) is 16.8 Å². The Bertz CT molecular complexity index is 600. The molecule has 0 saturated heterocycles. The highest BCUT2D eigenvalue weighted by atomic mass is 16.5. The minimum atomic E-state index is -0.315. The van der Waals surface area contributed by atoms with Gasteiger partial charge in [-0.15, -0.1) is 0 Å². The standard InChI is InChI=1S/C12H15N3O3/c1-18-7-3-6-13-11(16)8-4-2-5-9-10(8)15-12(17)14-9/h2,4-5H,3,6-7H2,1H3,(H,13,16)(H2,14,15,17). The molecule has 2 rings (SSSR count). The Morgan fingerprint density at radius 1 is 1.39 bits per heavy atom. The lowest BCUT2D eigenvalue weighted by Crippen LogP contribution is -2.25. The Hall–Kier alpha value is -2.08. The van der Waals surface area contributed by atoms with E-state index in [2.05, 4.69) is 15.3 Å². The van der Waals surface area contributed by atoms with E-state index in [1.54, 1.807) is 25.3 Å². The lowest BCUT2D eigenvalue weighted by atomic mass is 10.1. The zero-order chi connectivity index (χ0) is 13.0. The molecule has 0 spiro atoms. The van der Waals surface area contributed by atoms with Gasteiger partial charge in [0.15, 0.2) is 0 Å². The summed E-state index contributed by atoms with van der Waals surface area (Å²) in [4.78, 5) is 28.4. The van der Waals surface area contributed by atoms with E-state index in [4.69, 9.17) is 4.74 Å². The zero-order valence-corrected chi connectivity index (χ0v) is 10.1. The summed E-state index contributed by atoms with van der Waals surface area (Å²) in [7, 11) is 1.62. The van der Waals surface area contributed by atoms with Crippen molar-refractivity contribution in [2.75, 3.05) is 20.3 Å². The Morgan fingerprint density at radius 2 is 2.22 bits per heavy atom. The minimum absolute atomic E-state index is 0.202. The van der Waals surface area contributed by atoms with E-state index in [0.717, 1.165) is 6.42 Å². The number of methoxy groups -OCH3 is 1. The maximum atomic E-state index is 11.9. The number of carbonyl (C=O) groups is 1. The van der Waals surface area contributed by atoms with Crippen molar-refractivity contribution < 1.29 is 9.53 Å². The van der Waals surface area contributed by atoms with Crippen LogP contribution in [0, 0.1) is 0 Å². The number of hydrogen-bond donors (Lipinski definition) is 3. The summed E-state index contributed by atoms with van der Waals surface area (Å²) in [6.07, 6.45) is 0.752. The van der Waals surface area contributed by atoms with Gasteiger partial charge < -0.3 is 20.0 Å². The van der Waals surface area contributed by atoms with Crippen molar-refractivity contribution in [3.63, 3.8) is 0 Å². The summed E-state index contributed by atoms with van der Waals surface area (Å²) >= 11 is 0. The number of benzene rings is 1. The molecule has 96 valence electrons. The number of imidazole rings is 1. The highest BCUT2D eigenvalue weighted by Gasteiger charge is 2.11. The van der Waals surface area contributed by atoms with Gasteiger partial charge in [-0.25, -0.2) is 4.79 Å². The van der Waals surface area contributed by atoms with E-state index in [-0.39, 0.29) is 11.6 Å². The smallest absolute Gasteiger partial charge is 0.323 e. The third-order valence-electron chi connectivity index (χ3n) is 2.61. The third kappa shape index (κ3) is 2.60. The summed E-state index contributed by atoms with van der Waals surface area (Å²) in [6.45, 7) is 1.14. The fraction of sp³-hybridized carbons (Fsp3) is 0.333. The number of nitrogens with one attached hydrogen (secondary N) is 3. The van der Waals surface area contributed by atoms with Crippen molar-refractivity contribution in [1.29, 1.82) is 0 Å². The number of aromatic nitrogens is 2. The molecule has 1 aromatic heterocycles. The second-order valence-corrected chi connectivity index (χ2v) is 3.91. The van der Waals surface area contributed by atoms with Gasteiger partial charge in [-0.3, -0.25) is 4.79 Å². The molecule has 1 aromatic carbocycles. The average molecular weight is 249 g/mol. The zero-order valence-electron chi connectivity index (χ0n) is 10.1. The normalized spacial score (nSPS) is 10.7. The van der Waals surface area contributed by atoms with Crippen LogP contribution in [0.2, 0.25) is 0 Å². The molecule has 0 fully saturated rings. The number of H-pyrrole nitrogens is 2. The second kappa shape index (κ2) is 5.50. The Balaban J connectivity index is 2.15. The van der Waals surface area contributed by atoms with Crippen molar-refractivity contribution in [2.24, 2.45) is 0 Å². The van der Waals surface area contributed by atoms with Crippen LogP contribution in [0.4, 0.5) is 0 Å². The summed E-state index contributed by atoms with van der Waals surface area (Å²) < 4.78 is 4.90. The minimum Gasteiger partial charge on any atom is -0.385 e. The van der Waals surface area contributed by atoms with Crippen molar-refractivity contribution in [3.8, 4) is 0 Å². The van der Waals surface area contributed by atoms with Crippen LogP contribution in [0.15, 0.2) is 23.0 Å². The predicted molar refractivity (Wildman–Crippen MR) is 67.7 cm³/mol. The molecule has 0 atom stereocenters. The van der Waals surface area contributed by atoms with E-state index in [1.807, 2.05) is 0 Å². The molecule has 0 unspecified atom stereocenters. The second-order valence-electron chi connectivity index (χ2n) is 3.91. The number of carbonyl (C=O) groups excluding carboxylic acids is 1. The largest absolute Gasteiger partial charge is 0.385 e. The Morgan fingerprint density at radius 3 is 3.00 bits per heavy atom. The fourth-order valence-corrected chi connectivity index (χ4v) is 1.76. The number of aromatic amines is 2. The SMILES string of the molecule is COCCCNC(=O)c1cccc2[nH]c(=O)[nH]c12. The maximum Gasteiger partial charge on any atom is 0.323 e. The van der Waals surface area contributed by atoms with Crippen LogP contribution in [0.5, 0.6) is 0 Å². The Kier molecular flexibility index (Phi) is 3.78. The summed E-state index contributed by atoms with van der Waals surface area (Å²) in [5.41, 5.74) is 1.31. The summed E-state index contributed by atoms with van der Waals surface area (Å²) in [5, 5.41) is 2.78. The first-order valence-electron chi connectivity index (χ1n) is 5.70. The average Bonchev–Trinajstić information content (AvgIpc) is 2.74. The van der Waals surface area contributed by atoms with Crippen molar-refractivity contribution in [1.82, 2.24) is 15.3 Å². The van der Waals surface area contributed by atoms with Crippen LogP contribution in [0.3, 0.4) is 0 Å². The van der Waals surface area contributed by atoms with Crippen LogP contribution < -0.4 is 11.0 Å². The molecule has 0 aliphatic rings. The molecule has 6 heteroatoms. The molecule has 0 radical (unpaired) electrons. The van der Waals surface area contributed by atoms with E-state index in [9.17, 15) is 9.59 Å². The molecule has 0 saturated carbocycles. The number of rotatable bonds is 5. The van der Waals surface area contributed by atoms with Gasteiger partial charge in [-0.2, -0.15) is 0 Å². The Labute approximate surface area is 103 Å². The van der Waals surface area contributed by atoms with Crippen molar-refractivity contribution >= 4 is 16.9 Å². The quantitative estimate of drug-likeness (QED) is 0.679. The number of hydrogen-bond acceptors (Lipinski definition) is 3. The molecule has 6 nitrogen and oxygen atoms in total. The van der Waals surface area contributed by atoms with E-state index < -0.39 is 0 Å². The van der Waals surface area contributed by atoms with E-state index in [0.29, 0.717) is 29.7 Å². The number of para-hydroxylation sites is 1.